The Balaban J connectivity index is 1.67. The summed E-state index contributed by atoms with van der Waals surface area (Å²) in [4.78, 5) is 12.6. The van der Waals surface area contributed by atoms with E-state index in [1.807, 2.05) is 39.0 Å². The molecule has 0 spiro atoms. The van der Waals surface area contributed by atoms with Crippen molar-refractivity contribution in [1.82, 2.24) is 5.32 Å². The summed E-state index contributed by atoms with van der Waals surface area (Å²) in [6.07, 6.45) is 2.67. The quantitative estimate of drug-likeness (QED) is 0.913. The van der Waals surface area contributed by atoms with E-state index in [0.29, 0.717) is 0 Å². The number of ether oxygens (including phenoxy) is 1. The van der Waals surface area contributed by atoms with Crippen LogP contribution in [0.2, 0.25) is 0 Å². The number of aryl methyl sites for hydroxylation is 3. The molecular weight excluding hydrogens is 298 g/mol. The van der Waals surface area contributed by atoms with Gasteiger partial charge in [0.2, 0.25) is 0 Å². The van der Waals surface area contributed by atoms with Gasteiger partial charge >= 0.3 is 0 Å². The van der Waals surface area contributed by atoms with Crippen molar-refractivity contribution >= 4 is 5.91 Å². The first-order valence-corrected chi connectivity index (χ1v) is 8.66. The Kier molecular flexibility index (Phi) is 4.89. The van der Waals surface area contributed by atoms with Crippen molar-refractivity contribution in [2.45, 2.75) is 52.2 Å². The van der Waals surface area contributed by atoms with Gasteiger partial charge in [0.1, 0.15) is 5.75 Å². The zero-order valence-corrected chi connectivity index (χ0v) is 14.6. The molecule has 0 bridgehead atoms. The maximum atomic E-state index is 12.6. The summed E-state index contributed by atoms with van der Waals surface area (Å²) in [7, 11) is 0. The lowest BCUT2D eigenvalue weighted by molar-refractivity contribution is -0.128. The summed E-state index contributed by atoms with van der Waals surface area (Å²) in [6, 6.07) is 14.5. The highest BCUT2D eigenvalue weighted by Gasteiger charge is 2.24. The smallest absolute Gasteiger partial charge is 0.261 e. The molecule has 1 aliphatic rings. The number of hydrogen-bond donors (Lipinski definition) is 1. The molecule has 3 rings (SSSR count). The summed E-state index contributed by atoms with van der Waals surface area (Å²) < 4.78 is 5.88. The standard InChI is InChI=1S/C21H25NO2/c1-14-11-12-20(15(2)13-14)24-16(3)21(23)22-19-10-6-8-17-7-4-5-9-18(17)19/h4-5,7,9,11-13,16,19H,6,8,10H2,1-3H3,(H,22,23)/t16-,19+/m1/s1. The average molecular weight is 323 g/mol. The summed E-state index contributed by atoms with van der Waals surface area (Å²) in [5, 5.41) is 3.16. The van der Waals surface area contributed by atoms with E-state index in [0.717, 1.165) is 30.6 Å². The van der Waals surface area contributed by atoms with E-state index in [2.05, 4.69) is 29.6 Å². The third-order valence-corrected chi connectivity index (χ3v) is 4.69. The van der Waals surface area contributed by atoms with Crippen LogP contribution in [-0.2, 0) is 11.2 Å². The van der Waals surface area contributed by atoms with Gasteiger partial charge in [-0.15, -0.1) is 0 Å². The van der Waals surface area contributed by atoms with Crippen LogP contribution in [0.5, 0.6) is 5.75 Å². The zero-order chi connectivity index (χ0) is 17.1. The van der Waals surface area contributed by atoms with Crippen molar-refractivity contribution in [3.63, 3.8) is 0 Å². The molecule has 1 aliphatic carbocycles. The molecule has 0 aliphatic heterocycles. The van der Waals surface area contributed by atoms with Crippen LogP contribution in [0.3, 0.4) is 0 Å². The molecule has 2 atom stereocenters. The Labute approximate surface area is 144 Å². The normalized spacial score (nSPS) is 17.7. The van der Waals surface area contributed by atoms with Crippen molar-refractivity contribution in [2.24, 2.45) is 0 Å². The number of rotatable bonds is 4. The summed E-state index contributed by atoms with van der Waals surface area (Å²) in [5.74, 6) is 0.712. The van der Waals surface area contributed by atoms with Crippen molar-refractivity contribution in [1.29, 1.82) is 0 Å². The third-order valence-electron chi connectivity index (χ3n) is 4.69. The fourth-order valence-electron chi connectivity index (χ4n) is 3.37. The Morgan fingerprint density at radius 2 is 2.00 bits per heavy atom. The first-order chi connectivity index (χ1) is 11.5. The van der Waals surface area contributed by atoms with Crippen LogP contribution in [0.1, 0.15) is 48.1 Å². The minimum Gasteiger partial charge on any atom is -0.481 e. The maximum absolute atomic E-state index is 12.6. The second-order valence-corrected chi connectivity index (χ2v) is 6.68. The van der Waals surface area contributed by atoms with Crippen LogP contribution in [0.4, 0.5) is 0 Å². The minimum absolute atomic E-state index is 0.0586. The van der Waals surface area contributed by atoms with Gasteiger partial charge in [0.25, 0.3) is 5.91 Å². The lowest BCUT2D eigenvalue weighted by Gasteiger charge is -2.27. The van der Waals surface area contributed by atoms with Crippen LogP contribution in [0, 0.1) is 13.8 Å². The molecule has 3 nitrogen and oxygen atoms in total. The molecular formula is C21H25NO2. The molecule has 0 fully saturated rings. The molecule has 0 unspecified atom stereocenters. The third kappa shape index (κ3) is 3.61. The van der Waals surface area contributed by atoms with Gasteiger partial charge in [0, 0.05) is 0 Å². The predicted octanol–water partition coefficient (Wildman–Crippen LogP) is 4.26. The van der Waals surface area contributed by atoms with Gasteiger partial charge in [-0.25, -0.2) is 0 Å². The van der Waals surface area contributed by atoms with E-state index in [-0.39, 0.29) is 11.9 Å². The van der Waals surface area contributed by atoms with Gasteiger partial charge in [0.15, 0.2) is 6.10 Å². The molecule has 126 valence electrons. The second-order valence-electron chi connectivity index (χ2n) is 6.68. The molecule has 24 heavy (non-hydrogen) atoms. The van der Waals surface area contributed by atoms with E-state index in [1.165, 1.54) is 16.7 Å². The zero-order valence-electron chi connectivity index (χ0n) is 14.6. The van der Waals surface area contributed by atoms with Crippen molar-refractivity contribution in [3.05, 3.63) is 64.7 Å². The Bertz CT molecular complexity index is 738. The van der Waals surface area contributed by atoms with Crippen molar-refractivity contribution in [2.75, 3.05) is 0 Å². The molecule has 0 radical (unpaired) electrons. The van der Waals surface area contributed by atoms with E-state index in [9.17, 15) is 4.79 Å². The molecule has 0 saturated carbocycles. The summed E-state index contributed by atoms with van der Waals surface area (Å²) in [5.41, 5.74) is 4.83. The molecule has 1 N–H and O–H groups in total. The topological polar surface area (TPSA) is 38.3 Å². The van der Waals surface area contributed by atoms with E-state index >= 15 is 0 Å². The number of amides is 1. The predicted molar refractivity (Wildman–Crippen MR) is 96.3 cm³/mol. The average Bonchev–Trinajstić information content (AvgIpc) is 2.57. The fraction of sp³-hybridized carbons (Fsp3) is 0.381. The van der Waals surface area contributed by atoms with Gasteiger partial charge in [-0.1, -0.05) is 42.0 Å². The second kappa shape index (κ2) is 7.08. The lowest BCUT2D eigenvalue weighted by atomic mass is 9.87. The van der Waals surface area contributed by atoms with Gasteiger partial charge in [-0.2, -0.15) is 0 Å². The van der Waals surface area contributed by atoms with E-state index < -0.39 is 6.10 Å². The molecule has 2 aromatic rings. The molecule has 0 heterocycles. The van der Waals surface area contributed by atoms with Crippen molar-refractivity contribution < 1.29 is 9.53 Å². The monoisotopic (exact) mass is 323 g/mol. The number of nitrogens with one attached hydrogen (secondary N) is 1. The molecule has 3 heteroatoms. The van der Waals surface area contributed by atoms with Crippen LogP contribution in [-0.4, -0.2) is 12.0 Å². The highest BCUT2D eigenvalue weighted by atomic mass is 16.5. The SMILES string of the molecule is Cc1ccc(O[C@H](C)C(=O)N[C@H]2CCCc3ccccc32)c(C)c1. The van der Waals surface area contributed by atoms with Gasteiger partial charge in [-0.05, 0) is 62.8 Å². The Hall–Kier alpha value is -2.29. The van der Waals surface area contributed by atoms with Gasteiger partial charge in [-0.3, -0.25) is 4.79 Å². The summed E-state index contributed by atoms with van der Waals surface area (Å²) in [6.45, 7) is 5.86. The minimum atomic E-state index is -0.513. The number of carbonyl (C=O) groups is 1. The molecule has 1 amide bonds. The first kappa shape index (κ1) is 16.6. The van der Waals surface area contributed by atoms with Gasteiger partial charge < -0.3 is 10.1 Å². The number of hydrogen-bond acceptors (Lipinski definition) is 2. The fourth-order valence-corrected chi connectivity index (χ4v) is 3.37. The van der Waals surface area contributed by atoms with E-state index in [4.69, 9.17) is 4.74 Å². The first-order valence-electron chi connectivity index (χ1n) is 8.66. The number of carbonyl (C=O) groups excluding carboxylic acids is 1. The van der Waals surface area contributed by atoms with E-state index in [1.54, 1.807) is 0 Å². The van der Waals surface area contributed by atoms with Crippen LogP contribution < -0.4 is 10.1 Å². The lowest BCUT2D eigenvalue weighted by Crippen LogP contribution is -2.39. The summed E-state index contributed by atoms with van der Waals surface area (Å²) >= 11 is 0. The largest absolute Gasteiger partial charge is 0.481 e. The number of benzene rings is 2. The molecule has 0 saturated heterocycles. The Morgan fingerprint density at radius 1 is 1.21 bits per heavy atom. The molecule has 0 aromatic heterocycles. The van der Waals surface area contributed by atoms with Crippen LogP contribution >= 0.6 is 0 Å². The number of fused-ring (bicyclic) bond motifs is 1. The van der Waals surface area contributed by atoms with Crippen molar-refractivity contribution in [3.8, 4) is 5.75 Å². The highest BCUT2D eigenvalue weighted by molar-refractivity contribution is 5.81. The van der Waals surface area contributed by atoms with Gasteiger partial charge in [0.05, 0.1) is 6.04 Å². The highest BCUT2D eigenvalue weighted by Crippen LogP contribution is 2.29. The molecule has 2 aromatic carbocycles. The Morgan fingerprint density at radius 3 is 2.79 bits per heavy atom. The van der Waals surface area contributed by atoms with Crippen LogP contribution in [0.15, 0.2) is 42.5 Å². The maximum Gasteiger partial charge on any atom is 0.261 e. The van der Waals surface area contributed by atoms with Crippen LogP contribution in [0.25, 0.3) is 0 Å².